The summed E-state index contributed by atoms with van der Waals surface area (Å²) < 4.78 is 43.0. The molecule has 1 amide bonds. The molecule has 2 aliphatic heterocycles. The minimum absolute atomic E-state index is 0.0331. The Morgan fingerprint density at radius 3 is 2.46 bits per heavy atom. The molecule has 1 saturated heterocycles. The zero-order valence-electron chi connectivity index (χ0n) is 14.6. The van der Waals surface area contributed by atoms with Gasteiger partial charge in [0.2, 0.25) is 0 Å². The first kappa shape index (κ1) is 19.6. The Balaban J connectivity index is 1.73. The van der Waals surface area contributed by atoms with Gasteiger partial charge in [-0.3, -0.25) is 4.79 Å². The highest BCUT2D eigenvalue weighted by molar-refractivity contribution is 9.10. The molecule has 0 saturated carbocycles. The average Bonchev–Trinajstić information content (AvgIpc) is 3.29. The second-order valence-corrected chi connectivity index (χ2v) is 8.29. The average molecular weight is 478 g/mol. The minimum Gasteiger partial charge on any atom is -0.362 e. The van der Waals surface area contributed by atoms with Gasteiger partial charge in [0.1, 0.15) is 10.8 Å². The molecule has 0 radical (unpaired) electrons. The minimum atomic E-state index is -4.52. The lowest BCUT2D eigenvalue weighted by Crippen LogP contribution is -2.36. The van der Waals surface area contributed by atoms with Gasteiger partial charge in [0, 0.05) is 24.0 Å². The second-order valence-electron chi connectivity index (χ2n) is 7.00. The molecule has 150 valence electrons. The van der Waals surface area contributed by atoms with Crippen LogP contribution in [-0.4, -0.2) is 39.9 Å². The topological polar surface area (TPSA) is 50.2 Å². The van der Waals surface area contributed by atoms with E-state index in [1.807, 2.05) is 0 Å². The molecule has 1 aromatic carbocycles. The van der Waals surface area contributed by atoms with Crippen molar-refractivity contribution in [1.29, 1.82) is 0 Å². The predicted octanol–water partition coefficient (Wildman–Crippen LogP) is 5.20. The predicted molar refractivity (Wildman–Crippen MR) is 103 cm³/mol. The number of amides is 1. The summed E-state index contributed by atoms with van der Waals surface area (Å²) in [6.45, 7) is 1.13. The van der Waals surface area contributed by atoms with E-state index in [0.717, 1.165) is 22.0 Å². The maximum Gasteiger partial charge on any atom is 0.410 e. The van der Waals surface area contributed by atoms with Crippen LogP contribution in [0.25, 0.3) is 0 Å². The van der Waals surface area contributed by atoms with Gasteiger partial charge in [-0.05, 0) is 30.5 Å². The Morgan fingerprint density at radius 2 is 1.86 bits per heavy atom. The lowest BCUT2D eigenvalue weighted by Gasteiger charge is -2.33. The van der Waals surface area contributed by atoms with Crippen molar-refractivity contribution in [2.24, 2.45) is 0 Å². The van der Waals surface area contributed by atoms with Crippen LogP contribution >= 0.6 is 27.5 Å². The van der Waals surface area contributed by atoms with Crippen molar-refractivity contribution in [3.63, 3.8) is 0 Å². The van der Waals surface area contributed by atoms with E-state index >= 15 is 0 Å². The normalized spacial score (nSPS) is 22.1. The van der Waals surface area contributed by atoms with Gasteiger partial charge in [-0.2, -0.15) is 18.3 Å². The van der Waals surface area contributed by atoms with Crippen molar-refractivity contribution in [1.82, 2.24) is 14.7 Å². The van der Waals surface area contributed by atoms with E-state index in [0.29, 0.717) is 18.7 Å². The SMILES string of the molecule is O=C(c1nn2c(c1Cl)N[C@H](c1ccc(Br)cc1)C[C@H]2C(F)(F)F)N1CCCC1. The number of anilines is 1. The van der Waals surface area contributed by atoms with Gasteiger partial charge >= 0.3 is 6.18 Å². The van der Waals surface area contributed by atoms with Crippen molar-refractivity contribution in [3.05, 3.63) is 45.0 Å². The first-order valence-electron chi connectivity index (χ1n) is 8.91. The molecule has 1 aromatic heterocycles. The number of rotatable bonds is 2. The highest BCUT2D eigenvalue weighted by Crippen LogP contribution is 2.46. The Hall–Kier alpha value is -1.74. The molecule has 5 nitrogen and oxygen atoms in total. The molecule has 1 N–H and O–H groups in total. The highest BCUT2D eigenvalue weighted by atomic mass is 79.9. The van der Waals surface area contributed by atoms with Gasteiger partial charge in [-0.1, -0.05) is 39.7 Å². The van der Waals surface area contributed by atoms with Gasteiger partial charge in [0.05, 0.1) is 6.04 Å². The van der Waals surface area contributed by atoms with Crippen LogP contribution in [0.4, 0.5) is 19.0 Å². The summed E-state index contributed by atoms with van der Waals surface area (Å²) in [7, 11) is 0. The third-order valence-corrected chi connectivity index (χ3v) is 6.05. The van der Waals surface area contributed by atoms with E-state index in [-0.39, 0.29) is 23.0 Å². The molecular formula is C18H17BrClF3N4O. The second kappa shape index (κ2) is 7.26. The Bertz CT molecular complexity index is 893. The molecule has 2 aliphatic rings. The highest BCUT2D eigenvalue weighted by Gasteiger charge is 2.48. The smallest absolute Gasteiger partial charge is 0.362 e. The zero-order chi connectivity index (χ0) is 20.1. The van der Waals surface area contributed by atoms with Crippen molar-refractivity contribution in [2.45, 2.75) is 37.5 Å². The summed E-state index contributed by atoms with van der Waals surface area (Å²) >= 11 is 9.66. The molecule has 10 heteroatoms. The molecule has 0 aliphatic carbocycles. The standard InChI is InChI=1S/C18H17BrClF3N4O/c19-11-5-3-10(4-6-11)12-9-13(18(21,22)23)27-16(24-12)14(20)15(25-27)17(28)26-7-1-2-8-26/h3-6,12-13,24H,1-2,7-9H2/t12-,13-/m0/s1. The van der Waals surface area contributed by atoms with E-state index in [1.165, 1.54) is 0 Å². The first-order chi connectivity index (χ1) is 13.3. The van der Waals surface area contributed by atoms with Gasteiger partial charge < -0.3 is 10.2 Å². The third kappa shape index (κ3) is 3.50. The number of hydrogen-bond donors (Lipinski definition) is 1. The summed E-state index contributed by atoms with van der Waals surface area (Å²) in [5.74, 6) is -0.391. The number of aromatic nitrogens is 2. The van der Waals surface area contributed by atoms with Crippen LogP contribution in [0, 0.1) is 0 Å². The van der Waals surface area contributed by atoms with Crippen molar-refractivity contribution in [2.75, 3.05) is 18.4 Å². The Labute approximate surface area is 173 Å². The maximum absolute atomic E-state index is 13.8. The summed E-state index contributed by atoms with van der Waals surface area (Å²) in [6.07, 6.45) is -3.03. The lowest BCUT2D eigenvalue weighted by atomic mass is 9.97. The van der Waals surface area contributed by atoms with Gasteiger partial charge in [-0.15, -0.1) is 0 Å². The fraction of sp³-hybridized carbons (Fsp3) is 0.444. The first-order valence-corrected chi connectivity index (χ1v) is 10.1. The molecule has 0 bridgehead atoms. The largest absolute Gasteiger partial charge is 0.410 e. The molecule has 0 unspecified atom stereocenters. The molecule has 4 rings (SSSR count). The number of alkyl halides is 3. The fourth-order valence-electron chi connectivity index (χ4n) is 3.71. The van der Waals surface area contributed by atoms with Crippen LogP contribution in [0.2, 0.25) is 5.02 Å². The van der Waals surface area contributed by atoms with Crippen LogP contribution in [0.1, 0.15) is 47.4 Å². The molecule has 2 atom stereocenters. The van der Waals surface area contributed by atoms with Crippen molar-refractivity contribution < 1.29 is 18.0 Å². The summed E-state index contributed by atoms with van der Waals surface area (Å²) in [5, 5.41) is 6.98. The molecule has 1 fully saturated rings. The summed E-state index contributed by atoms with van der Waals surface area (Å²) in [5.41, 5.74) is 0.574. The number of benzene rings is 1. The van der Waals surface area contributed by atoms with E-state index in [4.69, 9.17) is 11.6 Å². The molecule has 28 heavy (non-hydrogen) atoms. The summed E-state index contributed by atoms with van der Waals surface area (Å²) in [6, 6.07) is 4.59. The quantitative estimate of drug-likeness (QED) is 0.647. The molecule has 0 spiro atoms. The van der Waals surface area contributed by atoms with Gasteiger partial charge in [0.15, 0.2) is 11.7 Å². The van der Waals surface area contributed by atoms with Gasteiger partial charge in [-0.25, -0.2) is 4.68 Å². The molecule has 3 heterocycles. The number of carbonyl (C=O) groups is 1. The van der Waals surface area contributed by atoms with Crippen LogP contribution in [0.5, 0.6) is 0 Å². The van der Waals surface area contributed by atoms with Crippen molar-refractivity contribution >= 4 is 39.3 Å². The van der Waals surface area contributed by atoms with E-state index in [2.05, 4.69) is 26.3 Å². The fourth-order valence-corrected chi connectivity index (χ4v) is 4.23. The number of halogens is 5. The van der Waals surface area contributed by atoms with E-state index in [9.17, 15) is 18.0 Å². The van der Waals surface area contributed by atoms with Crippen LogP contribution in [0.3, 0.4) is 0 Å². The summed E-state index contributed by atoms with van der Waals surface area (Å²) in [4.78, 5) is 14.3. The third-order valence-electron chi connectivity index (χ3n) is 5.16. The van der Waals surface area contributed by atoms with Gasteiger partial charge in [0.25, 0.3) is 5.91 Å². The van der Waals surface area contributed by atoms with Crippen molar-refractivity contribution in [3.8, 4) is 0 Å². The molecule has 2 aromatic rings. The zero-order valence-corrected chi connectivity index (χ0v) is 17.0. The number of carbonyl (C=O) groups excluding carboxylic acids is 1. The lowest BCUT2D eigenvalue weighted by molar-refractivity contribution is -0.173. The monoisotopic (exact) mass is 476 g/mol. The van der Waals surface area contributed by atoms with E-state index < -0.39 is 24.2 Å². The number of hydrogen-bond acceptors (Lipinski definition) is 3. The Kier molecular flexibility index (Phi) is 5.07. The van der Waals surface area contributed by atoms with Crippen LogP contribution < -0.4 is 5.32 Å². The molecular weight excluding hydrogens is 461 g/mol. The number of nitrogens with one attached hydrogen (secondary N) is 1. The van der Waals surface area contributed by atoms with Crippen LogP contribution in [0.15, 0.2) is 28.7 Å². The number of likely N-dealkylation sites (tertiary alicyclic amines) is 1. The Morgan fingerprint density at radius 1 is 1.21 bits per heavy atom. The van der Waals surface area contributed by atoms with Crippen LogP contribution in [-0.2, 0) is 0 Å². The van der Waals surface area contributed by atoms with E-state index in [1.54, 1.807) is 29.2 Å². The number of nitrogens with zero attached hydrogens (tertiary/aromatic N) is 3. The number of fused-ring (bicyclic) bond motifs is 1. The maximum atomic E-state index is 13.8.